The molecule has 5 nitrogen and oxygen atoms in total. The molecule has 1 heterocycles. The fourth-order valence-corrected chi connectivity index (χ4v) is 3.15. The number of carboxylic acids is 1. The number of aromatic carboxylic acids is 1. The molecule has 0 amide bonds. The van der Waals surface area contributed by atoms with Crippen molar-refractivity contribution in [2.24, 2.45) is 0 Å². The minimum atomic E-state index is -0.996. The summed E-state index contributed by atoms with van der Waals surface area (Å²) in [6, 6.07) is 17.8. The van der Waals surface area contributed by atoms with E-state index in [9.17, 15) is 14.0 Å². The molecule has 0 spiro atoms. The first kappa shape index (κ1) is 20.0. The second-order valence-corrected chi connectivity index (χ2v) is 7.02. The van der Waals surface area contributed by atoms with Gasteiger partial charge in [-0.25, -0.2) is 14.2 Å². The number of rotatable bonds is 4. The highest BCUT2D eigenvalue weighted by molar-refractivity contribution is 5.87. The van der Waals surface area contributed by atoms with Crippen LogP contribution in [0.5, 0.6) is 0 Å². The third kappa shape index (κ3) is 4.68. The molecule has 31 heavy (non-hydrogen) atoms. The van der Waals surface area contributed by atoms with E-state index in [0.29, 0.717) is 22.9 Å². The van der Waals surface area contributed by atoms with Crippen molar-refractivity contribution in [1.82, 2.24) is 9.55 Å². The molecule has 0 aliphatic rings. The average Bonchev–Trinajstić information content (AvgIpc) is 2.78. The molecule has 6 heteroatoms. The molecule has 0 fully saturated rings. The van der Waals surface area contributed by atoms with Gasteiger partial charge in [0.15, 0.2) is 0 Å². The Morgan fingerprint density at radius 2 is 1.71 bits per heavy atom. The van der Waals surface area contributed by atoms with E-state index < -0.39 is 5.97 Å². The Kier molecular flexibility index (Phi) is 5.59. The fourth-order valence-electron chi connectivity index (χ4n) is 3.15. The maximum Gasteiger partial charge on any atom is 0.335 e. The Bertz CT molecular complexity index is 1380. The Hall–Kier alpha value is -4.24. The van der Waals surface area contributed by atoms with Crippen molar-refractivity contribution in [2.75, 3.05) is 0 Å². The summed E-state index contributed by atoms with van der Waals surface area (Å²) in [7, 11) is 0. The number of hydrogen-bond donors (Lipinski definition) is 1. The first-order chi connectivity index (χ1) is 15.0. The smallest absolute Gasteiger partial charge is 0.335 e. The summed E-state index contributed by atoms with van der Waals surface area (Å²) in [5.41, 5.74) is 2.96. The van der Waals surface area contributed by atoms with Crippen molar-refractivity contribution in [3.05, 3.63) is 111 Å². The molecule has 0 aliphatic heterocycles. The Morgan fingerprint density at radius 1 is 1.00 bits per heavy atom. The molecule has 0 saturated heterocycles. The Morgan fingerprint density at radius 3 is 2.42 bits per heavy atom. The van der Waals surface area contributed by atoms with E-state index >= 15 is 0 Å². The average molecular weight is 412 g/mol. The van der Waals surface area contributed by atoms with Crippen LogP contribution in [-0.2, 0) is 13.0 Å². The Balaban J connectivity index is 1.58. The zero-order chi connectivity index (χ0) is 21.8. The monoisotopic (exact) mass is 412 g/mol. The number of halogens is 1. The van der Waals surface area contributed by atoms with Crippen molar-refractivity contribution < 1.29 is 14.3 Å². The first-order valence-corrected chi connectivity index (χ1v) is 9.54. The summed E-state index contributed by atoms with van der Waals surface area (Å²) in [6.07, 6.45) is 1.96. The minimum absolute atomic E-state index is 0.191. The standard InChI is InChI=1S/C25H17FN2O3/c26-21-11-6-17(7-12-21)2-1-3-18-8-13-23-22(14-18)24(29)28(16-27-23)15-19-4-9-20(10-5-19)25(30)31/h4-14,16H,2,15H2,(H,30,31). The lowest BCUT2D eigenvalue weighted by molar-refractivity contribution is 0.0697. The molecule has 1 aromatic heterocycles. The van der Waals surface area contributed by atoms with Crippen LogP contribution < -0.4 is 5.56 Å². The second-order valence-electron chi connectivity index (χ2n) is 7.02. The second kappa shape index (κ2) is 8.64. The van der Waals surface area contributed by atoms with Gasteiger partial charge in [-0.15, -0.1) is 0 Å². The number of aromatic nitrogens is 2. The molecule has 4 rings (SSSR count). The van der Waals surface area contributed by atoms with E-state index in [4.69, 9.17) is 5.11 Å². The van der Waals surface area contributed by atoms with Crippen LogP contribution in [0.25, 0.3) is 10.9 Å². The summed E-state index contributed by atoms with van der Waals surface area (Å²) in [4.78, 5) is 28.3. The van der Waals surface area contributed by atoms with Gasteiger partial charge in [0.1, 0.15) is 5.82 Å². The number of carboxylic acid groups (broad SMARTS) is 1. The lowest BCUT2D eigenvalue weighted by atomic mass is 10.1. The number of hydrogen-bond acceptors (Lipinski definition) is 3. The molecular weight excluding hydrogens is 395 g/mol. The predicted octanol–water partition coefficient (Wildman–Crippen LogP) is 3.88. The van der Waals surface area contributed by atoms with Crippen LogP contribution in [0.15, 0.2) is 77.9 Å². The van der Waals surface area contributed by atoms with Crippen LogP contribution in [-0.4, -0.2) is 20.6 Å². The van der Waals surface area contributed by atoms with Crippen LogP contribution in [0.4, 0.5) is 4.39 Å². The molecule has 0 radical (unpaired) electrons. The van der Waals surface area contributed by atoms with Gasteiger partial charge in [0, 0.05) is 12.0 Å². The summed E-state index contributed by atoms with van der Waals surface area (Å²) in [5, 5.41) is 9.46. The van der Waals surface area contributed by atoms with Gasteiger partial charge in [0.25, 0.3) is 5.56 Å². The van der Waals surface area contributed by atoms with Crippen molar-refractivity contribution in [2.45, 2.75) is 13.0 Å². The van der Waals surface area contributed by atoms with Crippen LogP contribution in [0.2, 0.25) is 0 Å². The zero-order valence-electron chi connectivity index (χ0n) is 16.4. The van der Waals surface area contributed by atoms with Gasteiger partial charge < -0.3 is 5.11 Å². The quantitative estimate of drug-likeness (QED) is 0.517. The minimum Gasteiger partial charge on any atom is -0.478 e. The maximum atomic E-state index is 13.0. The Labute approximate surface area is 177 Å². The molecular formula is C25H17FN2O3. The fraction of sp³-hybridized carbons (Fsp3) is 0.0800. The summed E-state index contributed by atoms with van der Waals surface area (Å²) >= 11 is 0. The molecule has 0 atom stereocenters. The van der Waals surface area contributed by atoms with E-state index in [0.717, 1.165) is 11.1 Å². The molecule has 1 N–H and O–H groups in total. The van der Waals surface area contributed by atoms with Crippen molar-refractivity contribution in [3.8, 4) is 11.8 Å². The van der Waals surface area contributed by atoms with Crippen LogP contribution >= 0.6 is 0 Å². The third-order valence-corrected chi connectivity index (χ3v) is 4.82. The van der Waals surface area contributed by atoms with Crippen LogP contribution in [0, 0.1) is 17.7 Å². The highest BCUT2D eigenvalue weighted by Crippen LogP contribution is 2.11. The van der Waals surface area contributed by atoms with E-state index in [-0.39, 0.29) is 23.5 Å². The lowest BCUT2D eigenvalue weighted by Gasteiger charge is -2.07. The highest BCUT2D eigenvalue weighted by atomic mass is 19.1. The lowest BCUT2D eigenvalue weighted by Crippen LogP contribution is -2.21. The maximum absolute atomic E-state index is 13.0. The van der Waals surface area contributed by atoms with E-state index in [1.807, 2.05) is 0 Å². The molecule has 152 valence electrons. The zero-order valence-corrected chi connectivity index (χ0v) is 16.4. The molecule has 0 aliphatic carbocycles. The van der Waals surface area contributed by atoms with Crippen molar-refractivity contribution in [3.63, 3.8) is 0 Å². The summed E-state index contributed by atoms with van der Waals surface area (Å²) in [5.74, 6) is 4.80. The molecule has 0 bridgehead atoms. The van der Waals surface area contributed by atoms with Crippen LogP contribution in [0.3, 0.4) is 0 Å². The number of carbonyl (C=O) groups is 1. The molecule has 0 unspecified atom stereocenters. The highest BCUT2D eigenvalue weighted by Gasteiger charge is 2.07. The number of benzene rings is 3. The van der Waals surface area contributed by atoms with E-state index in [2.05, 4.69) is 16.8 Å². The van der Waals surface area contributed by atoms with Gasteiger partial charge in [0.05, 0.1) is 29.3 Å². The largest absolute Gasteiger partial charge is 0.478 e. The SMILES string of the molecule is O=C(O)c1ccc(Cn2cnc3ccc(C#CCc4ccc(F)cc4)cc3c2=O)cc1. The van der Waals surface area contributed by atoms with Gasteiger partial charge in [-0.1, -0.05) is 36.1 Å². The molecule has 0 saturated carbocycles. The van der Waals surface area contributed by atoms with Gasteiger partial charge in [-0.05, 0) is 53.6 Å². The van der Waals surface area contributed by atoms with Crippen molar-refractivity contribution in [1.29, 1.82) is 0 Å². The van der Waals surface area contributed by atoms with Crippen LogP contribution in [0.1, 0.15) is 27.0 Å². The topological polar surface area (TPSA) is 72.2 Å². The summed E-state index contributed by atoms with van der Waals surface area (Å²) < 4.78 is 14.5. The third-order valence-electron chi connectivity index (χ3n) is 4.82. The van der Waals surface area contributed by atoms with Gasteiger partial charge >= 0.3 is 5.97 Å². The molecule has 3 aromatic carbocycles. The summed E-state index contributed by atoms with van der Waals surface area (Å²) in [6.45, 7) is 0.280. The normalized spacial score (nSPS) is 10.5. The number of fused-ring (bicyclic) bond motifs is 1. The first-order valence-electron chi connectivity index (χ1n) is 9.54. The number of nitrogens with zero attached hydrogens (tertiary/aromatic N) is 2. The molecule has 4 aromatic rings. The van der Waals surface area contributed by atoms with Gasteiger partial charge in [-0.2, -0.15) is 0 Å². The van der Waals surface area contributed by atoms with E-state index in [1.165, 1.54) is 35.2 Å². The van der Waals surface area contributed by atoms with Gasteiger partial charge in [0.2, 0.25) is 0 Å². The van der Waals surface area contributed by atoms with Gasteiger partial charge in [-0.3, -0.25) is 9.36 Å². The predicted molar refractivity (Wildman–Crippen MR) is 115 cm³/mol. The van der Waals surface area contributed by atoms with E-state index in [1.54, 1.807) is 42.5 Å². The van der Waals surface area contributed by atoms with Crippen molar-refractivity contribution >= 4 is 16.9 Å².